The molecule has 6 nitrogen and oxygen atoms in total. The molecule has 1 atom stereocenters. The molecule has 0 aliphatic carbocycles. The molecular formula is C15H15ClN4O2. The van der Waals surface area contributed by atoms with Crippen LogP contribution in [0.4, 0.5) is 6.01 Å². The van der Waals surface area contributed by atoms with Gasteiger partial charge in [0.2, 0.25) is 0 Å². The molecule has 0 amide bonds. The van der Waals surface area contributed by atoms with Gasteiger partial charge in [-0.1, -0.05) is 16.8 Å². The summed E-state index contributed by atoms with van der Waals surface area (Å²) in [6, 6.07) is 6.33. The van der Waals surface area contributed by atoms with E-state index < -0.39 is 0 Å². The maximum atomic E-state index is 6.20. The summed E-state index contributed by atoms with van der Waals surface area (Å²) in [4.78, 5) is 6.76. The number of nitrogens with zero attached hydrogens (tertiary/aromatic N) is 3. The molecule has 1 N–H and O–H groups in total. The van der Waals surface area contributed by atoms with Crippen molar-refractivity contribution in [3.8, 4) is 11.3 Å². The quantitative estimate of drug-likeness (QED) is 0.783. The Morgan fingerprint density at radius 2 is 2.32 bits per heavy atom. The molecule has 3 aromatic rings. The van der Waals surface area contributed by atoms with Crippen LogP contribution in [0.15, 0.2) is 33.3 Å². The van der Waals surface area contributed by atoms with E-state index in [0.29, 0.717) is 28.4 Å². The number of nitrogens with one attached hydrogen (secondary N) is 1. The van der Waals surface area contributed by atoms with Crippen LogP contribution in [0.2, 0.25) is 5.02 Å². The fourth-order valence-electron chi connectivity index (χ4n) is 2.77. The molecule has 1 unspecified atom stereocenters. The van der Waals surface area contributed by atoms with E-state index in [4.69, 9.17) is 20.5 Å². The Morgan fingerprint density at radius 1 is 1.41 bits per heavy atom. The van der Waals surface area contributed by atoms with Crippen molar-refractivity contribution in [3.05, 3.63) is 29.4 Å². The van der Waals surface area contributed by atoms with Gasteiger partial charge < -0.3 is 19.2 Å². The maximum absolute atomic E-state index is 6.20. The first-order chi connectivity index (χ1) is 10.7. The minimum Gasteiger partial charge on any atom is -0.423 e. The lowest BCUT2D eigenvalue weighted by Gasteiger charge is -2.32. The van der Waals surface area contributed by atoms with Gasteiger partial charge in [0.05, 0.1) is 11.8 Å². The third-order valence-corrected chi connectivity index (χ3v) is 4.11. The predicted molar refractivity (Wildman–Crippen MR) is 84.2 cm³/mol. The van der Waals surface area contributed by atoms with Crippen LogP contribution in [0.25, 0.3) is 22.4 Å². The first kappa shape index (κ1) is 13.6. The van der Waals surface area contributed by atoms with Gasteiger partial charge in [0, 0.05) is 36.8 Å². The molecule has 4 rings (SSSR count). The second kappa shape index (κ2) is 5.30. The van der Waals surface area contributed by atoms with Gasteiger partial charge in [-0.3, -0.25) is 0 Å². The van der Waals surface area contributed by atoms with Crippen molar-refractivity contribution in [3.63, 3.8) is 0 Å². The fourth-order valence-corrected chi connectivity index (χ4v) is 2.98. The number of aromatic nitrogens is 2. The molecule has 1 aliphatic heterocycles. The molecule has 1 aromatic carbocycles. The Morgan fingerprint density at radius 3 is 3.09 bits per heavy atom. The van der Waals surface area contributed by atoms with Crippen LogP contribution >= 0.6 is 11.6 Å². The van der Waals surface area contributed by atoms with Gasteiger partial charge in [0.1, 0.15) is 5.52 Å². The lowest BCUT2D eigenvalue weighted by molar-refractivity contribution is 0.431. The molecule has 0 radical (unpaired) electrons. The zero-order valence-corrected chi connectivity index (χ0v) is 12.8. The normalized spacial score (nSPS) is 19.0. The molecule has 1 saturated heterocycles. The number of hydrogen-bond acceptors (Lipinski definition) is 6. The topological polar surface area (TPSA) is 67.3 Å². The van der Waals surface area contributed by atoms with Crippen molar-refractivity contribution in [2.24, 2.45) is 0 Å². The Hall–Kier alpha value is -2.05. The predicted octanol–water partition coefficient (Wildman–Crippen LogP) is 2.93. The van der Waals surface area contributed by atoms with Crippen molar-refractivity contribution in [2.75, 3.05) is 24.5 Å². The third-order valence-electron chi connectivity index (χ3n) is 3.89. The van der Waals surface area contributed by atoms with Gasteiger partial charge in [-0.25, -0.2) is 0 Å². The van der Waals surface area contributed by atoms with E-state index in [2.05, 4.69) is 27.3 Å². The van der Waals surface area contributed by atoms with E-state index in [1.165, 1.54) is 0 Å². The van der Waals surface area contributed by atoms with Crippen molar-refractivity contribution in [2.45, 2.75) is 13.0 Å². The van der Waals surface area contributed by atoms with Crippen LogP contribution in [0.3, 0.4) is 0 Å². The summed E-state index contributed by atoms with van der Waals surface area (Å²) in [5.41, 5.74) is 2.16. The minimum atomic E-state index is 0.325. The standard InChI is InChI=1S/C15H15ClN4O2/c1-9-8-17-4-5-20(9)15-19-12-7-10(16)6-11(14(12)21-15)13-2-3-18-22-13/h2-3,6-7,9,17H,4-5,8H2,1H3. The molecular weight excluding hydrogens is 304 g/mol. The summed E-state index contributed by atoms with van der Waals surface area (Å²) >= 11 is 6.20. The summed E-state index contributed by atoms with van der Waals surface area (Å²) in [6.07, 6.45) is 1.59. The smallest absolute Gasteiger partial charge is 0.298 e. The molecule has 0 saturated carbocycles. The SMILES string of the molecule is CC1CNCCN1c1nc2cc(Cl)cc(-c3ccno3)c2o1. The van der Waals surface area contributed by atoms with Gasteiger partial charge in [0.25, 0.3) is 6.01 Å². The molecule has 2 aromatic heterocycles. The summed E-state index contributed by atoms with van der Waals surface area (Å²) in [5.74, 6) is 0.614. The first-order valence-corrected chi connectivity index (χ1v) is 7.58. The monoisotopic (exact) mass is 318 g/mol. The summed E-state index contributed by atoms with van der Waals surface area (Å²) in [5, 5.41) is 7.69. The van der Waals surface area contributed by atoms with E-state index in [0.717, 1.165) is 30.7 Å². The Labute approximate surface area is 132 Å². The number of fused-ring (bicyclic) bond motifs is 1. The van der Waals surface area contributed by atoms with E-state index in [-0.39, 0.29) is 0 Å². The number of anilines is 1. The van der Waals surface area contributed by atoms with Crippen LogP contribution in [-0.2, 0) is 0 Å². The third kappa shape index (κ3) is 2.24. The molecule has 1 aliphatic rings. The lowest BCUT2D eigenvalue weighted by Crippen LogP contribution is -2.50. The number of rotatable bonds is 2. The highest BCUT2D eigenvalue weighted by atomic mass is 35.5. The van der Waals surface area contributed by atoms with E-state index >= 15 is 0 Å². The van der Waals surface area contributed by atoms with Crippen molar-refractivity contribution in [1.82, 2.24) is 15.5 Å². The molecule has 22 heavy (non-hydrogen) atoms. The molecule has 3 heterocycles. The second-order valence-electron chi connectivity index (χ2n) is 5.42. The summed E-state index contributed by atoms with van der Waals surface area (Å²) in [6.45, 7) is 4.83. The average molecular weight is 319 g/mol. The van der Waals surface area contributed by atoms with Crippen LogP contribution < -0.4 is 10.2 Å². The van der Waals surface area contributed by atoms with E-state index in [9.17, 15) is 0 Å². The van der Waals surface area contributed by atoms with Gasteiger partial charge in [-0.2, -0.15) is 4.98 Å². The van der Waals surface area contributed by atoms with Crippen LogP contribution in [-0.4, -0.2) is 35.8 Å². The number of halogens is 1. The van der Waals surface area contributed by atoms with Crippen molar-refractivity contribution >= 4 is 28.7 Å². The second-order valence-corrected chi connectivity index (χ2v) is 5.86. The first-order valence-electron chi connectivity index (χ1n) is 7.21. The Kier molecular flexibility index (Phi) is 3.28. The zero-order chi connectivity index (χ0) is 15.1. The lowest BCUT2D eigenvalue weighted by atomic mass is 10.1. The Balaban J connectivity index is 1.85. The maximum Gasteiger partial charge on any atom is 0.298 e. The highest BCUT2D eigenvalue weighted by Crippen LogP contribution is 2.34. The number of oxazole rings is 1. The highest BCUT2D eigenvalue weighted by molar-refractivity contribution is 6.31. The van der Waals surface area contributed by atoms with Crippen molar-refractivity contribution in [1.29, 1.82) is 0 Å². The molecule has 0 spiro atoms. The number of hydrogen-bond donors (Lipinski definition) is 1. The number of piperazine rings is 1. The zero-order valence-electron chi connectivity index (χ0n) is 12.0. The van der Waals surface area contributed by atoms with Gasteiger partial charge >= 0.3 is 0 Å². The van der Waals surface area contributed by atoms with Crippen LogP contribution in [0, 0.1) is 0 Å². The molecule has 7 heteroatoms. The summed E-state index contributed by atoms with van der Waals surface area (Å²) < 4.78 is 11.3. The highest BCUT2D eigenvalue weighted by Gasteiger charge is 2.24. The van der Waals surface area contributed by atoms with E-state index in [1.54, 1.807) is 24.4 Å². The molecule has 114 valence electrons. The molecule has 0 bridgehead atoms. The Bertz CT molecular complexity index is 799. The minimum absolute atomic E-state index is 0.325. The van der Waals surface area contributed by atoms with Gasteiger partial charge in [-0.15, -0.1) is 0 Å². The van der Waals surface area contributed by atoms with Gasteiger partial charge in [-0.05, 0) is 19.1 Å². The van der Waals surface area contributed by atoms with Crippen LogP contribution in [0.5, 0.6) is 0 Å². The fraction of sp³-hybridized carbons (Fsp3) is 0.333. The largest absolute Gasteiger partial charge is 0.423 e. The van der Waals surface area contributed by atoms with Gasteiger partial charge in [0.15, 0.2) is 11.3 Å². The average Bonchev–Trinajstić information content (AvgIpc) is 3.15. The number of benzene rings is 1. The molecule has 1 fully saturated rings. The van der Waals surface area contributed by atoms with Crippen molar-refractivity contribution < 1.29 is 8.94 Å². The summed E-state index contributed by atoms with van der Waals surface area (Å²) in [7, 11) is 0. The van der Waals surface area contributed by atoms with E-state index in [1.807, 2.05) is 0 Å². The van der Waals surface area contributed by atoms with Crippen LogP contribution in [0.1, 0.15) is 6.92 Å².